The van der Waals surface area contributed by atoms with Crippen molar-refractivity contribution in [2.45, 2.75) is 38.2 Å². The van der Waals surface area contributed by atoms with Crippen LogP contribution in [0, 0.1) is 0 Å². The van der Waals surface area contributed by atoms with Gasteiger partial charge in [-0.05, 0) is 32.4 Å². The van der Waals surface area contributed by atoms with E-state index in [4.69, 9.17) is 0 Å². The summed E-state index contributed by atoms with van der Waals surface area (Å²) >= 11 is 0. The van der Waals surface area contributed by atoms with Gasteiger partial charge in [0.15, 0.2) is 0 Å². The van der Waals surface area contributed by atoms with Crippen LogP contribution in [0.3, 0.4) is 0 Å². The molecule has 3 heteroatoms. The monoisotopic (exact) mass is 188 g/mol. The lowest BCUT2D eigenvalue weighted by atomic mass is 9.88. The zero-order valence-corrected chi connectivity index (χ0v) is 7.85. The van der Waals surface area contributed by atoms with Gasteiger partial charge in [-0.15, -0.1) is 0 Å². The SMILES string of the molecule is CC(C)=CC1(O)C=CC(F)(F)CC1. The van der Waals surface area contributed by atoms with Gasteiger partial charge < -0.3 is 5.11 Å². The van der Waals surface area contributed by atoms with E-state index in [2.05, 4.69) is 0 Å². The molecule has 0 heterocycles. The smallest absolute Gasteiger partial charge is 0.266 e. The maximum Gasteiger partial charge on any atom is 0.266 e. The van der Waals surface area contributed by atoms with E-state index in [-0.39, 0.29) is 12.8 Å². The lowest BCUT2D eigenvalue weighted by molar-refractivity contribution is 0.00430. The second-order valence-corrected chi connectivity index (χ2v) is 3.81. The van der Waals surface area contributed by atoms with Gasteiger partial charge in [-0.3, -0.25) is 0 Å². The molecule has 0 amide bonds. The van der Waals surface area contributed by atoms with Gasteiger partial charge in [-0.25, -0.2) is 8.78 Å². The number of halogens is 2. The molecule has 0 aromatic heterocycles. The summed E-state index contributed by atoms with van der Waals surface area (Å²) in [7, 11) is 0. The summed E-state index contributed by atoms with van der Waals surface area (Å²) in [5.41, 5.74) is -0.238. The Kier molecular flexibility index (Phi) is 2.57. The molecular weight excluding hydrogens is 174 g/mol. The zero-order chi connectivity index (χ0) is 10.1. The number of rotatable bonds is 1. The highest BCUT2D eigenvalue weighted by atomic mass is 19.3. The molecule has 0 spiro atoms. The molecule has 0 aromatic rings. The Morgan fingerprint density at radius 2 is 1.92 bits per heavy atom. The fraction of sp³-hybridized carbons (Fsp3) is 0.600. The van der Waals surface area contributed by atoms with Crippen LogP contribution < -0.4 is 0 Å². The maximum atomic E-state index is 12.7. The standard InChI is InChI=1S/C10H14F2O/c1-8(2)7-9(13)3-5-10(11,12)6-4-9/h3,5,7,13H,4,6H2,1-2H3. The number of allylic oxidation sites excluding steroid dienone is 2. The minimum atomic E-state index is -2.75. The molecule has 74 valence electrons. The number of aliphatic hydroxyl groups is 1. The Morgan fingerprint density at radius 1 is 1.31 bits per heavy atom. The van der Waals surface area contributed by atoms with E-state index in [1.165, 1.54) is 6.08 Å². The molecule has 1 rings (SSSR count). The first-order valence-corrected chi connectivity index (χ1v) is 4.30. The average molecular weight is 188 g/mol. The van der Waals surface area contributed by atoms with Crippen molar-refractivity contribution < 1.29 is 13.9 Å². The summed E-state index contributed by atoms with van der Waals surface area (Å²) in [6.45, 7) is 3.66. The highest BCUT2D eigenvalue weighted by molar-refractivity contribution is 5.21. The van der Waals surface area contributed by atoms with Crippen molar-refractivity contribution in [2.75, 3.05) is 0 Å². The van der Waals surface area contributed by atoms with Gasteiger partial charge in [0.2, 0.25) is 0 Å². The quantitative estimate of drug-likeness (QED) is 0.627. The molecule has 1 aliphatic carbocycles. The van der Waals surface area contributed by atoms with Crippen molar-refractivity contribution in [3.63, 3.8) is 0 Å². The Bertz CT molecular complexity index is 252. The van der Waals surface area contributed by atoms with Crippen molar-refractivity contribution in [3.05, 3.63) is 23.8 Å². The molecule has 0 aliphatic heterocycles. The van der Waals surface area contributed by atoms with Gasteiger partial charge in [0, 0.05) is 6.42 Å². The van der Waals surface area contributed by atoms with Crippen LogP contribution >= 0.6 is 0 Å². The fourth-order valence-electron chi connectivity index (χ4n) is 1.42. The van der Waals surface area contributed by atoms with Gasteiger partial charge in [0.05, 0.1) is 0 Å². The molecule has 13 heavy (non-hydrogen) atoms. The Labute approximate surface area is 76.8 Å². The van der Waals surface area contributed by atoms with E-state index < -0.39 is 11.5 Å². The van der Waals surface area contributed by atoms with Crippen LogP contribution in [0.25, 0.3) is 0 Å². The van der Waals surface area contributed by atoms with E-state index >= 15 is 0 Å². The van der Waals surface area contributed by atoms with E-state index in [1.54, 1.807) is 6.08 Å². The zero-order valence-electron chi connectivity index (χ0n) is 7.85. The normalized spacial score (nSPS) is 31.5. The van der Waals surface area contributed by atoms with Gasteiger partial charge in [0.1, 0.15) is 5.60 Å². The summed E-state index contributed by atoms with van der Waals surface area (Å²) in [6.07, 6.45) is 3.38. The lowest BCUT2D eigenvalue weighted by Crippen LogP contribution is -2.32. The predicted molar refractivity (Wildman–Crippen MR) is 47.7 cm³/mol. The molecule has 0 fully saturated rings. The Morgan fingerprint density at radius 3 is 2.31 bits per heavy atom. The third kappa shape index (κ3) is 2.92. The summed E-state index contributed by atoms with van der Waals surface area (Å²) in [5, 5.41) is 9.78. The third-order valence-electron chi connectivity index (χ3n) is 2.01. The summed E-state index contributed by atoms with van der Waals surface area (Å²) in [4.78, 5) is 0. The first-order valence-electron chi connectivity index (χ1n) is 4.30. The van der Waals surface area contributed by atoms with Crippen molar-refractivity contribution in [2.24, 2.45) is 0 Å². The summed E-state index contributed by atoms with van der Waals surface area (Å²) < 4.78 is 25.3. The number of alkyl halides is 2. The van der Waals surface area contributed by atoms with Crippen LogP contribution in [0.4, 0.5) is 8.78 Å². The van der Waals surface area contributed by atoms with Gasteiger partial charge in [0.25, 0.3) is 5.92 Å². The molecular formula is C10H14F2O. The highest BCUT2D eigenvalue weighted by Gasteiger charge is 2.35. The lowest BCUT2D eigenvalue weighted by Gasteiger charge is -2.28. The van der Waals surface area contributed by atoms with E-state index in [1.807, 2.05) is 13.8 Å². The van der Waals surface area contributed by atoms with Crippen LogP contribution in [-0.4, -0.2) is 16.6 Å². The predicted octanol–water partition coefficient (Wildman–Crippen LogP) is 2.67. The number of hydrogen-bond acceptors (Lipinski definition) is 1. The molecule has 0 radical (unpaired) electrons. The second-order valence-electron chi connectivity index (χ2n) is 3.81. The van der Waals surface area contributed by atoms with Crippen molar-refractivity contribution >= 4 is 0 Å². The Balaban J connectivity index is 2.82. The van der Waals surface area contributed by atoms with E-state index in [0.29, 0.717) is 0 Å². The third-order valence-corrected chi connectivity index (χ3v) is 2.01. The maximum absolute atomic E-state index is 12.7. The van der Waals surface area contributed by atoms with Crippen LogP contribution in [0.2, 0.25) is 0 Å². The molecule has 0 saturated carbocycles. The minimum absolute atomic E-state index is 0.0850. The van der Waals surface area contributed by atoms with Crippen LogP contribution in [0.15, 0.2) is 23.8 Å². The molecule has 0 saturated heterocycles. The van der Waals surface area contributed by atoms with Crippen LogP contribution in [-0.2, 0) is 0 Å². The molecule has 1 atom stereocenters. The van der Waals surface area contributed by atoms with Crippen molar-refractivity contribution in [1.82, 2.24) is 0 Å². The fourth-order valence-corrected chi connectivity index (χ4v) is 1.42. The molecule has 0 bridgehead atoms. The summed E-state index contributed by atoms with van der Waals surface area (Å²) in [6, 6.07) is 0. The van der Waals surface area contributed by atoms with Gasteiger partial charge in [-0.2, -0.15) is 0 Å². The van der Waals surface area contributed by atoms with Crippen molar-refractivity contribution in [1.29, 1.82) is 0 Å². The minimum Gasteiger partial charge on any atom is -0.382 e. The topological polar surface area (TPSA) is 20.2 Å². The Hall–Kier alpha value is -0.700. The first-order chi connectivity index (χ1) is 5.83. The van der Waals surface area contributed by atoms with E-state index in [0.717, 1.165) is 11.6 Å². The second kappa shape index (κ2) is 3.22. The molecule has 1 N–H and O–H groups in total. The van der Waals surface area contributed by atoms with Gasteiger partial charge in [-0.1, -0.05) is 11.6 Å². The molecule has 1 aliphatic rings. The van der Waals surface area contributed by atoms with Gasteiger partial charge >= 0.3 is 0 Å². The van der Waals surface area contributed by atoms with Crippen LogP contribution in [0.1, 0.15) is 26.7 Å². The number of hydrogen-bond donors (Lipinski definition) is 1. The van der Waals surface area contributed by atoms with E-state index in [9.17, 15) is 13.9 Å². The van der Waals surface area contributed by atoms with Crippen molar-refractivity contribution in [3.8, 4) is 0 Å². The largest absolute Gasteiger partial charge is 0.382 e. The molecule has 1 unspecified atom stereocenters. The molecule has 0 aromatic carbocycles. The van der Waals surface area contributed by atoms with Crippen LogP contribution in [0.5, 0.6) is 0 Å². The first kappa shape index (κ1) is 10.4. The highest BCUT2D eigenvalue weighted by Crippen LogP contribution is 2.33. The summed E-state index contributed by atoms with van der Waals surface area (Å²) in [5.74, 6) is -2.75. The average Bonchev–Trinajstić information content (AvgIpc) is 1.95. The molecule has 1 nitrogen and oxygen atoms in total.